The van der Waals surface area contributed by atoms with E-state index >= 15 is 0 Å². The normalized spacial score (nSPS) is 10.2. The summed E-state index contributed by atoms with van der Waals surface area (Å²) in [5.74, 6) is -0.382. The zero-order valence-corrected chi connectivity index (χ0v) is 11.5. The van der Waals surface area contributed by atoms with Crippen LogP contribution in [0.3, 0.4) is 0 Å². The first-order valence-electron chi connectivity index (χ1n) is 4.98. The molecule has 1 N–H and O–H groups in total. The van der Waals surface area contributed by atoms with E-state index in [9.17, 15) is 9.90 Å². The fourth-order valence-corrected chi connectivity index (χ4v) is 2.22. The number of carbonyl (C=O) groups excluding carboxylic acids is 1. The van der Waals surface area contributed by atoms with Crippen molar-refractivity contribution in [1.82, 2.24) is 4.90 Å². The fourth-order valence-electron chi connectivity index (χ4n) is 1.41. The van der Waals surface area contributed by atoms with E-state index in [4.69, 9.17) is 11.6 Å². The van der Waals surface area contributed by atoms with Crippen molar-refractivity contribution in [2.75, 3.05) is 13.1 Å². The van der Waals surface area contributed by atoms with Gasteiger partial charge in [-0.3, -0.25) is 4.79 Å². The number of nitrogens with zero attached hydrogens (tertiary/aromatic N) is 1. The topological polar surface area (TPSA) is 40.5 Å². The number of hydrogen-bond acceptors (Lipinski definition) is 2. The Balaban J connectivity index is 3.17. The van der Waals surface area contributed by atoms with Gasteiger partial charge in [-0.25, -0.2) is 0 Å². The van der Waals surface area contributed by atoms with Crippen LogP contribution in [0.2, 0.25) is 5.02 Å². The third-order valence-corrected chi connectivity index (χ3v) is 3.06. The van der Waals surface area contributed by atoms with Gasteiger partial charge in [0.1, 0.15) is 5.75 Å². The van der Waals surface area contributed by atoms with Gasteiger partial charge in [0.2, 0.25) is 0 Å². The molecule has 0 saturated carbocycles. The number of aromatic hydroxyl groups is 1. The summed E-state index contributed by atoms with van der Waals surface area (Å²) in [6.07, 6.45) is 0. The number of amides is 1. The summed E-state index contributed by atoms with van der Waals surface area (Å²) in [6.45, 7) is 4.97. The highest BCUT2D eigenvalue weighted by Gasteiger charge is 2.18. The Bertz CT molecular complexity index is 405. The maximum Gasteiger partial charge on any atom is 0.257 e. The smallest absolute Gasteiger partial charge is 0.257 e. The molecular formula is C11H13BrClNO2. The van der Waals surface area contributed by atoms with E-state index in [1.54, 1.807) is 17.0 Å². The average Bonchev–Trinajstić information content (AvgIpc) is 2.24. The molecule has 3 nitrogen and oxygen atoms in total. The van der Waals surface area contributed by atoms with Crippen molar-refractivity contribution in [3.8, 4) is 5.75 Å². The van der Waals surface area contributed by atoms with Crippen LogP contribution in [-0.4, -0.2) is 29.0 Å². The first-order chi connectivity index (χ1) is 7.51. The van der Waals surface area contributed by atoms with Crippen LogP contribution in [0, 0.1) is 0 Å². The fraction of sp³-hybridized carbons (Fsp3) is 0.364. The zero-order valence-electron chi connectivity index (χ0n) is 9.13. The lowest BCUT2D eigenvalue weighted by Gasteiger charge is -2.19. The summed E-state index contributed by atoms with van der Waals surface area (Å²) >= 11 is 9.05. The van der Waals surface area contributed by atoms with E-state index in [1.165, 1.54) is 0 Å². The van der Waals surface area contributed by atoms with Crippen molar-refractivity contribution < 1.29 is 9.90 Å². The van der Waals surface area contributed by atoms with Gasteiger partial charge in [-0.05, 0) is 26.0 Å². The van der Waals surface area contributed by atoms with Crippen LogP contribution in [0.1, 0.15) is 24.2 Å². The van der Waals surface area contributed by atoms with Crippen LogP contribution >= 0.6 is 27.5 Å². The van der Waals surface area contributed by atoms with Crippen LogP contribution in [-0.2, 0) is 0 Å². The van der Waals surface area contributed by atoms with Crippen LogP contribution in [0.25, 0.3) is 0 Å². The zero-order chi connectivity index (χ0) is 12.3. The molecule has 0 aliphatic rings. The van der Waals surface area contributed by atoms with Crippen molar-refractivity contribution in [1.29, 1.82) is 0 Å². The molecule has 88 valence electrons. The van der Waals surface area contributed by atoms with Crippen LogP contribution in [0.5, 0.6) is 5.75 Å². The monoisotopic (exact) mass is 305 g/mol. The highest BCUT2D eigenvalue weighted by atomic mass is 79.9. The SMILES string of the molecule is CCN(CC)C(=O)c1cc(Br)cc(Cl)c1O. The van der Waals surface area contributed by atoms with Crippen LogP contribution in [0.4, 0.5) is 0 Å². The van der Waals surface area contributed by atoms with Crippen molar-refractivity contribution in [2.24, 2.45) is 0 Å². The number of hydrogen-bond donors (Lipinski definition) is 1. The van der Waals surface area contributed by atoms with E-state index in [2.05, 4.69) is 15.9 Å². The summed E-state index contributed by atoms with van der Waals surface area (Å²) in [6, 6.07) is 3.12. The maximum absolute atomic E-state index is 12.0. The number of halogens is 2. The molecule has 1 aromatic carbocycles. The lowest BCUT2D eigenvalue weighted by Crippen LogP contribution is -2.30. The molecule has 0 aliphatic carbocycles. The lowest BCUT2D eigenvalue weighted by atomic mass is 10.1. The summed E-state index contributed by atoms with van der Waals surface area (Å²) in [7, 11) is 0. The van der Waals surface area contributed by atoms with Gasteiger partial charge in [-0.2, -0.15) is 0 Å². The lowest BCUT2D eigenvalue weighted by molar-refractivity contribution is 0.0770. The van der Waals surface area contributed by atoms with E-state index in [1.807, 2.05) is 13.8 Å². The highest BCUT2D eigenvalue weighted by Crippen LogP contribution is 2.32. The molecule has 1 aromatic rings. The maximum atomic E-state index is 12.0. The third kappa shape index (κ3) is 2.68. The number of phenols is 1. The molecule has 1 amide bonds. The molecule has 0 radical (unpaired) electrons. The van der Waals surface area contributed by atoms with Crippen molar-refractivity contribution in [3.63, 3.8) is 0 Å². The van der Waals surface area contributed by atoms with E-state index in [0.29, 0.717) is 17.6 Å². The third-order valence-electron chi connectivity index (χ3n) is 2.31. The van der Waals surface area contributed by atoms with Gasteiger partial charge in [-0.1, -0.05) is 27.5 Å². The Hall–Kier alpha value is -0.740. The van der Waals surface area contributed by atoms with Crippen LogP contribution < -0.4 is 0 Å². The Morgan fingerprint density at radius 3 is 2.50 bits per heavy atom. The molecule has 0 aliphatic heterocycles. The number of rotatable bonds is 3. The minimum absolute atomic E-state index is 0.165. The highest BCUT2D eigenvalue weighted by molar-refractivity contribution is 9.10. The second-order valence-corrected chi connectivity index (χ2v) is 4.58. The van der Waals surface area contributed by atoms with E-state index in [-0.39, 0.29) is 22.2 Å². The van der Waals surface area contributed by atoms with Crippen LogP contribution in [0.15, 0.2) is 16.6 Å². The van der Waals surface area contributed by atoms with Gasteiger partial charge >= 0.3 is 0 Å². The number of phenolic OH excluding ortho intramolecular Hbond substituents is 1. The van der Waals surface area contributed by atoms with Crippen molar-refractivity contribution >= 4 is 33.4 Å². The molecule has 1 rings (SSSR count). The molecule has 0 aromatic heterocycles. The van der Waals surface area contributed by atoms with Gasteiger partial charge < -0.3 is 10.0 Å². The number of benzene rings is 1. The molecule has 16 heavy (non-hydrogen) atoms. The molecule has 0 fully saturated rings. The second-order valence-electron chi connectivity index (χ2n) is 3.26. The molecule has 0 unspecified atom stereocenters. The molecule has 0 bridgehead atoms. The minimum Gasteiger partial charge on any atom is -0.506 e. The van der Waals surface area contributed by atoms with Gasteiger partial charge in [0.25, 0.3) is 5.91 Å². The average molecular weight is 307 g/mol. The predicted octanol–water partition coefficient (Wildman–Crippen LogP) is 3.29. The molecule has 0 spiro atoms. The Morgan fingerprint density at radius 1 is 1.44 bits per heavy atom. The molecule has 0 heterocycles. The Labute approximate surface area is 108 Å². The Kier molecular flexibility index (Phi) is 4.62. The predicted molar refractivity (Wildman–Crippen MR) is 68.1 cm³/mol. The van der Waals surface area contributed by atoms with Gasteiger partial charge in [0.05, 0.1) is 10.6 Å². The first-order valence-corrected chi connectivity index (χ1v) is 6.15. The second kappa shape index (κ2) is 5.55. The molecular weight excluding hydrogens is 293 g/mol. The quantitative estimate of drug-likeness (QED) is 0.931. The molecule has 0 atom stereocenters. The first kappa shape index (κ1) is 13.3. The van der Waals surface area contributed by atoms with Gasteiger partial charge in [0.15, 0.2) is 0 Å². The van der Waals surface area contributed by atoms with Gasteiger partial charge in [-0.15, -0.1) is 0 Å². The summed E-state index contributed by atoms with van der Waals surface area (Å²) < 4.78 is 0.672. The molecule has 5 heteroatoms. The summed E-state index contributed by atoms with van der Waals surface area (Å²) in [5.41, 5.74) is 0.225. The van der Waals surface area contributed by atoms with Gasteiger partial charge in [0, 0.05) is 17.6 Å². The van der Waals surface area contributed by atoms with Crippen molar-refractivity contribution in [3.05, 3.63) is 27.2 Å². The Morgan fingerprint density at radius 2 is 2.00 bits per heavy atom. The van der Waals surface area contributed by atoms with E-state index in [0.717, 1.165) is 0 Å². The van der Waals surface area contributed by atoms with E-state index < -0.39 is 0 Å². The summed E-state index contributed by atoms with van der Waals surface area (Å²) in [5, 5.41) is 9.90. The largest absolute Gasteiger partial charge is 0.506 e. The molecule has 0 saturated heterocycles. The van der Waals surface area contributed by atoms with Crippen molar-refractivity contribution in [2.45, 2.75) is 13.8 Å². The standard InChI is InChI=1S/C11H13BrClNO2/c1-3-14(4-2)11(16)8-5-7(12)6-9(13)10(8)15/h5-6,15H,3-4H2,1-2H3. The number of carbonyl (C=O) groups is 1. The minimum atomic E-state index is -0.217. The summed E-state index contributed by atoms with van der Waals surface area (Å²) in [4.78, 5) is 13.6.